The van der Waals surface area contributed by atoms with E-state index in [4.69, 9.17) is 14.5 Å². The first kappa shape index (κ1) is 38.4. The van der Waals surface area contributed by atoms with Crippen LogP contribution in [-0.2, 0) is 19.1 Å². The number of hydrogen-bond donors (Lipinski definition) is 4. The summed E-state index contributed by atoms with van der Waals surface area (Å²) in [7, 11) is 2.60. The van der Waals surface area contributed by atoms with Crippen molar-refractivity contribution in [2.75, 3.05) is 27.3 Å². The van der Waals surface area contributed by atoms with E-state index in [-0.39, 0.29) is 35.7 Å². The van der Waals surface area contributed by atoms with Gasteiger partial charge in [-0.05, 0) is 89.4 Å². The first-order chi connectivity index (χ1) is 26.9. The topological polar surface area (TPSA) is 162 Å². The summed E-state index contributed by atoms with van der Waals surface area (Å²) in [6.45, 7) is 8.88. The highest BCUT2D eigenvalue weighted by molar-refractivity contribution is 5.89. The number of methoxy groups -OCH3 is 2. The lowest BCUT2D eigenvalue weighted by molar-refractivity contribution is -0.136. The van der Waals surface area contributed by atoms with Gasteiger partial charge in [0.1, 0.15) is 17.9 Å². The van der Waals surface area contributed by atoms with Gasteiger partial charge in [0, 0.05) is 24.3 Å². The van der Waals surface area contributed by atoms with Crippen LogP contribution in [-0.4, -0.2) is 88.1 Å². The number of carbonyl (C=O) groups excluding carboxylic acids is 4. The van der Waals surface area contributed by atoms with Crippen molar-refractivity contribution in [2.24, 2.45) is 11.8 Å². The Morgan fingerprint density at radius 1 is 0.661 bits per heavy atom. The number of benzene rings is 3. The van der Waals surface area contributed by atoms with Crippen LogP contribution >= 0.6 is 0 Å². The zero-order chi connectivity index (χ0) is 39.7. The molecule has 56 heavy (non-hydrogen) atoms. The zero-order valence-electron chi connectivity index (χ0n) is 32.8. The molecule has 2 aliphatic heterocycles. The second kappa shape index (κ2) is 16.1. The minimum Gasteiger partial charge on any atom is -0.453 e. The average molecular weight is 762 g/mol. The number of nitrogens with one attached hydrogen (secondary N) is 4. The van der Waals surface area contributed by atoms with Crippen LogP contribution in [0.1, 0.15) is 77.0 Å². The molecule has 13 heteroatoms. The number of imidazole rings is 1. The predicted octanol–water partition coefficient (Wildman–Crippen LogP) is 7.47. The number of fused-ring (bicyclic) bond motifs is 2. The molecule has 13 nitrogen and oxygen atoms in total. The Morgan fingerprint density at radius 3 is 1.71 bits per heavy atom. The van der Waals surface area contributed by atoms with Crippen LogP contribution in [0.25, 0.3) is 44.2 Å². The molecule has 0 spiro atoms. The molecule has 4 amide bonds. The third-order valence-corrected chi connectivity index (χ3v) is 11.2. The van der Waals surface area contributed by atoms with E-state index in [0.717, 1.165) is 81.4 Å². The summed E-state index contributed by atoms with van der Waals surface area (Å²) in [5, 5.41) is 6.50. The van der Waals surface area contributed by atoms with Crippen LogP contribution in [0.15, 0.2) is 66.7 Å². The van der Waals surface area contributed by atoms with Crippen molar-refractivity contribution in [2.45, 2.75) is 77.5 Å². The van der Waals surface area contributed by atoms with Crippen LogP contribution in [0, 0.1) is 11.8 Å². The molecular weight excluding hydrogens is 711 g/mol. The highest BCUT2D eigenvalue weighted by Gasteiger charge is 2.38. The summed E-state index contributed by atoms with van der Waals surface area (Å²) in [5.41, 5.74) is 7.96. The van der Waals surface area contributed by atoms with E-state index in [9.17, 15) is 19.2 Å². The molecule has 7 rings (SSSR count). The maximum absolute atomic E-state index is 13.6. The number of carbonyl (C=O) groups is 4. The van der Waals surface area contributed by atoms with Crippen molar-refractivity contribution in [1.82, 2.24) is 35.4 Å². The molecule has 2 aromatic heterocycles. The summed E-state index contributed by atoms with van der Waals surface area (Å²) in [6.07, 6.45) is 2.13. The molecule has 0 aliphatic carbocycles. The Morgan fingerprint density at radius 2 is 1.16 bits per heavy atom. The SMILES string of the molecule is COC(=O)N[C@H](C(=O)N1CCCC1c1cc2ccc(-c3ccc(-c4ccc5nc([C@@H]6CCCN6C(=O)[C@@H](NC(=O)OC)C(C)C)[nH]c5c4)cc3)cc2[nH]1)C(C)C. The Bertz CT molecular complexity index is 2090. The van der Waals surface area contributed by atoms with Crippen molar-refractivity contribution in [3.05, 3.63) is 78.2 Å². The number of aromatic nitrogens is 3. The first-order valence-corrected chi connectivity index (χ1v) is 19.5. The first-order valence-electron chi connectivity index (χ1n) is 19.5. The lowest BCUT2D eigenvalue weighted by Crippen LogP contribution is -2.51. The van der Waals surface area contributed by atoms with Crippen molar-refractivity contribution in [1.29, 1.82) is 0 Å². The summed E-state index contributed by atoms with van der Waals surface area (Å²) >= 11 is 0. The van der Waals surface area contributed by atoms with E-state index >= 15 is 0 Å². The molecule has 0 radical (unpaired) electrons. The summed E-state index contributed by atoms with van der Waals surface area (Å²) in [4.78, 5) is 66.9. The molecule has 0 saturated carbocycles. The van der Waals surface area contributed by atoms with Crippen molar-refractivity contribution in [3.63, 3.8) is 0 Å². The quantitative estimate of drug-likeness (QED) is 0.115. The van der Waals surface area contributed by atoms with E-state index in [0.29, 0.717) is 13.1 Å². The molecule has 2 fully saturated rings. The largest absolute Gasteiger partial charge is 0.453 e. The second-order valence-corrected chi connectivity index (χ2v) is 15.6. The third kappa shape index (κ3) is 7.67. The van der Waals surface area contributed by atoms with Gasteiger partial charge in [-0.3, -0.25) is 9.59 Å². The predicted molar refractivity (Wildman–Crippen MR) is 215 cm³/mol. The summed E-state index contributed by atoms with van der Waals surface area (Å²) in [5.74, 6) is 0.312. The highest BCUT2D eigenvalue weighted by atomic mass is 16.5. The smallest absolute Gasteiger partial charge is 0.407 e. The molecule has 1 unspecified atom stereocenters. The third-order valence-electron chi connectivity index (χ3n) is 11.2. The van der Waals surface area contributed by atoms with Gasteiger partial charge < -0.3 is 39.9 Å². The van der Waals surface area contributed by atoms with Crippen LogP contribution in [0.4, 0.5) is 9.59 Å². The number of amides is 4. The van der Waals surface area contributed by atoms with Gasteiger partial charge in [-0.15, -0.1) is 0 Å². The van der Waals surface area contributed by atoms with Crippen LogP contribution in [0.5, 0.6) is 0 Å². The minimum absolute atomic E-state index is 0.0878. The number of aromatic amines is 2. The lowest BCUT2D eigenvalue weighted by Gasteiger charge is -2.30. The Hall–Kier alpha value is -5.85. The van der Waals surface area contributed by atoms with Crippen molar-refractivity contribution in [3.8, 4) is 22.3 Å². The molecule has 294 valence electrons. The van der Waals surface area contributed by atoms with Gasteiger partial charge in [-0.1, -0.05) is 70.2 Å². The van der Waals surface area contributed by atoms with Gasteiger partial charge in [-0.25, -0.2) is 14.6 Å². The van der Waals surface area contributed by atoms with E-state index in [1.54, 1.807) is 0 Å². The molecule has 2 saturated heterocycles. The summed E-state index contributed by atoms with van der Waals surface area (Å²) < 4.78 is 9.55. The molecule has 4 heterocycles. The Balaban J connectivity index is 1.06. The number of H-pyrrole nitrogens is 2. The van der Waals surface area contributed by atoms with Crippen molar-refractivity contribution < 1.29 is 28.7 Å². The number of ether oxygens (including phenoxy) is 2. The Labute approximate surface area is 326 Å². The molecule has 2 aliphatic rings. The fourth-order valence-electron chi connectivity index (χ4n) is 8.16. The van der Waals surface area contributed by atoms with E-state index in [1.165, 1.54) is 14.2 Å². The van der Waals surface area contributed by atoms with Gasteiger partial charge in [-0.2, -0.15) is 0 Å². The van der Waals surface area contributed by atoms with Gasteiger partial charge >= 0.3 is 12.2 Å². The molecule has 4 N–H and O–H groups in total. The molecule has 3 aromatic carbocycles. The maximum atomic E-state index is 13.6. The van der Waals surface area contributed by atoms with E-state index in [1.807, 2.05) is 43.6 Å². The molecule has 5 aromatic rings. The van der Waals surface area contributed by atoms with Gasteiger partial charge in [0.2, 0.25) is 11.8 Å². The Kier molecular flexibility index (Phi) is 11.0. The zero-order valence-corrected chi connectivity index (χ0v) is 32.8. The summed E-state index contributed by atoms with van der Waals surface area (Å²) in [6, 6.07) is 21.5. The molecule has 0 bridgehead atoms. The van der Waals surface area contributed by atoms with Crippen molar-refractivity contribution >= 4 is 45.9 Å². The molecule has 4 atom stereocenters. The van der Waals surface area contributed by atoms with Gasteiger partial charge in [0.25, 0.3) is 0 Å². The monoisotopic (exact) mass is 761 g/mol. The standard InChI is InChI=1S/C43H51N7O6/c1-24(2)37(47-42(53)55-5)40(51)49-19-7-9-35(49)34-23-30-16-15-28(21-32(30)44-34)26-11-13-27(14-12-26)29-17-18-31-33(22-29)46-39(45-31)36-10-8-20-50(36)41(52)38(25(3)4)48-43(54)56-6/h11-18,21-25,35-38,44H,7-10,19-20H2,1-6H3,(H,45,46)(H,47,53)(H,48,54)/t35?,36-,37-,38-/m0/s1. The number of rotatable bonds is 10. The number of likely N-dealkylation sites (tertiary alicyclic amines) is 2. The minimum atomic E-state index is -0.689. The number of hydrogen-bond acceptors (Lipinski definition) is 7. The molecular formula is C43H51N7O6. The maximum Gasteiger partial charge on any atom is 0.407 e. The highest BCUT2D eigenvalue weighted by Crippen LogP contribution is 2.37. The number of alkyl carbamates (subject to hydrolysis) is 2. The van der Waals surface area contributed by atoms with Gasteiger partial charge in [0.05, 0.1) is 37.3 Å². The van der Waals surface area contributed by atoms with Gasteiger partial charge in [0.15, 0.2) is 0 Å². The van der Waals surface area contributed by atoms with E-state index in [2.05, 4.69) is 81.3 Å². The van der Waals surface area contributed by atoms with E-state index < -0.39 is 24.3 Å². The number of nitrogens with zero attached hydrogens (tertiary/aromatic N) is 3. The normalized spacial score (nSPS) is 18.1. The average Bonchev–Trinajstić information content (AvgIpc) is 4.03. The van der Waals surface area contributed by atoms with Crippen LogP contribution in [0.2, 0.25) is 0 Å². The lowest BCUT2D eigenvalue weighted by atomic mass is 9.99. The van der Waals surface area contributed by atoms with Crippen LogP contribution < -0.4 is 10.6 Å². The second-order valence-electron chi connectivity index (χ2n) is 15.6. The fraction of sp³-hybridized carbons (Fsp3) is 0.419. The van der Waals surface area contributed by atoms with Crippen LogP contribution in [0.3, 0.4) is 0 Å². The fourth-order valence-corrected chi connectivity index (χ4v) is 8.16.